The molecule has 0 aliphatic carbocycles. The zero-order chi connectivity index (χ0) is 40.4. The monoisotopic (exact) mass is 765 g/mol. The normalized spacial score (nSPS) is 11.8. The van der Waals surface area contributed by atoms with Gasteiger partial charge in [0.15, 0.2) is 0 Å². The van der Waals surface area contributed by atoms with Gasteiger partial charge in [0, 0.05) is 73.8 Å². The predicted molar refractivity (Wildman–Crippen MR) is 243 cm³/mol. The number of benzene rings is 8. The molecular formula is C53H31N7. The molecule has 0 amide bonds. The molecule has 0 bridgehead atoms. The van der Waals surface area contributed by atoms with Crippen LogP contribution in [0, 0.1) is 34.0 Å². The van der Waals surface area contributed by atoms with Crippen LogP contribution in [0.5, 0.6) is 0 Å². The van der Waals surface area contributed by atoms with Crippen molar-refractivity contribution in [2.75, 3.05) is 0 Å². The second kappa shape index (κ2) is 12.2. The van der Waals surface area contributed by atoms with Gasteiger partial charge in [-0.15, -0.1) is 0 Å². The molecule has 4 heterocycles. The topological polar surface area (TPSA) is 91.1 Å². The van der Waals surface area contributed by atoms with Crippen molar-refractivity contribution in [1.82, 2.24) is 18.3 Å². The lowest BCUT2D eigenvalue weighted by atomic mass is 9.95. The average Bonchev–Trinajstić information content (AvgIpc) is 4.00. The Morgan fingerprint density at radius 1 is 0.367 bits per heavy atom. The molecular weight excluding hydrogens is 735 g/mol. The van der Waals surface area contributed by atoms with Crippen molar-refractivity contribution >= 4 is 87.2 Å². The fourth-order valence-corrected chi connectivity index (χ4v) is 10.1. The van der Waals surface area contributed by atoms with Crippen molar-refractivity contribution in [2.45, 2.75) is 0 Å². The molecule has 0 aliphatic rings. The van der Waals surface area contributed by atoms with E-state index >= 15 is 0 Å². The molecule has 0 fully saturated rings. The molecule has 0 saturated heterocycles. The number of aromatic nitrogens is 4. The molecule has 8 aromatic carbocycles. The van der Waals surface area contributed by atoms with Crippen LogP contribution in [0.3, 0.4) is 0 Å². The number of rotatable bonds is 3. The van der Waals surface area contributed by atoms with Crippen molar-refractivity contribution < 1.29 is 0 Å². The molecule has 0 unspecified atom stereocenters. The van der Waals surface area contributed by atoms with Gasteiger partial charge in [0.1, 0.15) is 0 Å². The van der Waals surface area contributed by atoms with E-state index < -0.39 is 0 Å². The third-order valence-corrected chi connectivity index (χ3v) is 12.6. The predicted octanol–water partition coefficient (Wildman–Crippen LogP) is 12.5. The summed E-state index contributed by atoms with van der Waals surface area (Å²) in [5.74, 6) is 0. The molecule has 7 heteroatoms. The fourth-order valence-electron chi connectivity index (χ4n) is 10.1. The van der Waals surface area contributed by atoms with Gasteiger partial charge >= 0.3 is 0 Å². The summed E-state index contributed by atoms with van der Waals surface area (Å²) in [6, 6.07) is 59.2. The van der Waals surface area contributed by atoms with Gasteiger partial charge in [0.25, 0.3) is 0 Å². The van der Waals surface area contributed by atoms with E-state index in [9.17, 15) is 15.8 Å². The Kier molecular flexibility index (Phi) is 6.83. The van der Waals surface area contributed by atoms with E-state index in [-0.39, 0.29) is 0 Å². The van der Waals surface area contributed by atoms with Crippen LogP contribution in [0.1, 0.15) is 16.7 Å². The number of hydrogen-bond donors (Lipinski definition) is 0. The highest BCUT2D eigenvalue weighted by molar-refractivity contribution is 6.27. The van der Waals surface area contributed by atoms with Crippen LogP contribution in [-0.2, 0) is 14.1 Å². The number of nitrogens with zero attached hydrogens (tertiary/aromatic N) is 7. The minimum atomic E-state index is 0.377. The minimum absolute atomic E-state index is 0.377. The van der Waals surface area contributed by atoms with Gasteiger partial charge in [0.2, 0.25) is 0 Å². The van der Waals surface area contributed by atoms with Crippen molar-refractivity contribution in [3.8, 4) is 40.7 Å². The molecule has 278 valence electrons. The number of aryl methyl sites for hydroxylation is 2. The second-order valence-corrected chi connectivity index (χ2v) is 15.6. The van der Waals surface area contributed by atoms with E-state index in [0.717, 1.165) is 104 Å². The molecule has 7 nitrogen and oxygen atoms in total. The number of hydrogen-bond acceptors (Lipinski definition) is 3. The van der Waals surface area contributed by atoms with Crippen LogP contribution in [0.2, 0.25) is 0 Å². The lowest BCUT2D eigenvalue weighted by molar-refractivity contribution is 1.01. The first-order valence-electron chi connectivity index (χ1n) is 19.8. The maximum absolute atomic E-state index is 11.0. The molecule has 4 aromatic heterocycles. The maximum Gasteiger partial charge on any atom is 0.0993 e. The maximum atomic E-state index is 11.0. The van der Waals surface area contributed by atoms with Gasteiger partial charge in [0.05, 0.1) is 79.4 Å². The van der Waals surface area contributed by atoms with Crippen molar-refractivity contribution in [3.63, 3.8) is 0 Å². The molecule has 0 saturated carbocycles. The summed E-state index contributed by atoms with van der Waals surface area (Å²) < 4.78 is 9.11. The highest BCUT2D eigenvalue weighted by Crippen LogP contribution is 2.47. The molecule has 0 spiro atoms. The van der Waals surface area contributed by atoms with Gasteiger partial charge in [-0.25, -0.2) is 0 Å². The quantitative estimate of drug-likeness (QED) is 0.179. The number of para-hydroxylation sites is 4. The molecule has 0 radical (unpaired) electrons. The van der Waals surface area contributed by atoms with E-state index in [2.05, 4.69) is 172 Å². The molecule has 0 atom stereocenters. The highest BCUT2D eigenvalue weighted by Gasteiger charge is 2.27. The molecule has 12 aromatic rings. The van der Waals surface area contributed by atoms with E-state index in [0.29, 0.717) is 22.3 Å². The first-order valence-corrected chi connectivity index (χ1v) is 19.8. The standard InChI is InChI=1S/C53H31N7/c1-57-41-15-7-5-13-39(41)50-45(57)21-19-37-35-11-3-9-17-43(35)59(52(37)50)47-26-33(30-56)27-48(49(47)34-24-31(28-54)23-32(25-34)29-55)60-44-18-10-4-12-36(44)38-20-22-46-51(53(38)60)40-14-6-8-16-42(40)58(46)2/h3-27H,1-2H3. The first kappa shape index (κ1) is 33.6. The summed E-state index contributed by atoms with van der Waals surface area (Å²) in [7, 11) is 4.22. The Hall–Kier alpha value is -8.57. The average molecular weight is 766 g/mol. The minimum Gasteiger partial charge on any atom is -0.344 e. The molecule has 12 rings (SSSR count). The van der Waals surface area contributed by atoms with Crippen LogP contribution in [-0.4, -0.2) is 18.3 Å². The summed E-state index contributed by atoms with van der Waals surface area (Å²) in [6.07, 6.45) is 0. The van der Waals surface area contributed by atoms with Crippen LogP contribution >= 0.6 is 0 Å². The summed E-state index contributed by atoms with van der Waals surface area (Å²) in [5.41, 5.74) is 12.7. The number of fused-ring (bicyclic) bond motifs is 14. The third-order valence-electron chi connectivity index (χ3n) is 12.6. The third kappa shape index (κ3) is 4.34. The van der Waals surface area contributed by atoms with E-state index in [4.69, 9.17) is 0 Å². The van der Waals surface area contributed by atoms with E-state index in [1.165, 1.54) is 0 Å². The van der Waals surface area contributed by atoms with Gasteiger partial charge in [-0.05, 0) is 72.3 Å². The zero-order valence-corrected chi connectivity index (χ0v) is 32.6. The largest absolute Gasteiger partial charge is 0.344 e. The van der Waals surface area contributed by atoms with Crippen LogP contribution in [0.4, 0.5) is 0 Å². The van der Waals surface area contributed by atoms with Gasteiger partial charge in [-0.3, -0.25) is 0 Å². The number of nitriles is 3. The van der Waals surface area contributed by atoms with Gasteiger partial charge in [-0.2, -0.15) is 15.8 Å². The highest BCUT2D eigenvalue weighted by atomic mass is 15.0. The molecule has 0 N–H and O–H groups in total. The lowest BCUT2D eigenvalue weighted by Gasteiger charge is -2.21. The molecule has 60 heavy (non-hydrogen) atoms. The lowest BCUT2D eigenvalue weighted by Crippen LogP contribution is -2.06. The van der Waals surface area contributed by atoms with Gasteiger partial charge in [-0.1, -0.05) is 84.9 Å². The van der Waals surface area contributed by atoms with Crippen LogP contribution in [0.25, 0.3) is 110 Å². The van der Waals surface area contributed by atoms with Crippen molar-refractivity contribution in [2.24, 2.45) is 14.1 Å². The van der Waals surface area contributed by atoms with Crippen LogP contribution in [0.15, 0.2) is 152 Å². The smallest absolute Gasteiger partial charge is 0.0993 e. The molecule has 0 aliphatic heterocycles. The Labute approximate surface area is 343 Å². The van der Waals surface area contributed by atoms with Crippen molar-refractivity contribution in [1.29, 1.82) is 15.8 Å². The Morgan fingerprint density at radius 3 is 1.18 bits per heavy atom. The van der Waals surface area contributed by atoms with E-state index in [1.807, 2.05) is 24.3 Å². The van der Waals surface area contributed by atoms with Gasteiger partial charge < -0.3 is 18.3 Å². The summed E-state index contributed by atoms with van der Waals surface area (Å²) >= 11 is 0. The Bertz CT molecular complexity index is 3770. The van der Waals surface area contributed by atoms with Crippen LogP contribution < -0.4 is 0 Å². The first-order chi connectivity index (χ1) is 29.5. The van der Waals surface area contributed by atoms with E-state index in [1.54, 1.807) is 6.07 Å². The summed E-state index contributed by atoms with van der Waals surface area (Å²) in [4.78, 5) is 0. The SMILES string of the molecule is Cn1c2ccccc2c2c1ccc1c3ccccc3n(-c3cc(C#N)cc(-n4c5ccccc5c5ccc6c(c7ccccc7n6C)c54)c3-c3cc(C#N)cc(C#N)c3)c12. The summed E-state index contributed by atoms with van der Waals surface area (Å²) in [5, 5.41) is 40.6. The Balaban J connectivity index is 1.36. The van der Waals surface area contributed by atoms with Crippen molar-refractivity contribution in [3.05, 3.63) is 168 Å². The second-order valence-electron chi connectivity index (χ2n) is 15.6. The Morgan fingerprint density at radius 2 is 0.750 bits per heavy atom. The fraction of sp³-hybridized carbons (Fsp3) is 0.0377. The summed E-state index contributed by atoms with van der Waals surface area (Å²) in [6.45, 7) is 0. The zero-order valence-electron chi connectivity index (χ0n) is 32.6.